The quantitative estimate of drug-likeness (QED) is 0.802. The molecule has 2 aromatic rings. The zero-order chi connectivity index (χ0) is 19.2. The number of hydrazine groups is 1. The van der Waals surface area contributed by atoms with Gasteiger partial charge in [0.25, 0.3) is 11.8 Å². The fraction of sp³-hybridized carbons (Fsp3) is 0.333. The Balaban J connectivity index is 1.91. The van der Waals surface area contributed by atoms with Crippen molar-refractivity contribution in [2.75, 3.05) is 6.61 Å². The van der Waals surface area contributed by atoms with Crippen molar-refractivity contribution in [3.8, 4) is 5.75 Å². The highest BCUT2D eigenvalue weighted by Crippen LogP contribution is 2.22. The van der Waals surface area contributed by atoms with Crippen LogP contribution >= 0.6 is 0 Å². The molecule has 0 unspecified atom stereocenters. The van der Waals surface area contributed by atoms with E-state index < -0.39 is 0 Å². The van der Waals surface area contributed by atoms with Gasteiger partial charge in [-0.3, -0.25) is 20.4 Å². The molecule has 26 heavy (non-hydrogen) atoms. The number of hydrogen-bond acceptors (Lipinski definition) is 3. The van der Waals surface area contributed by atoms with E-state index in [0.29, 0.717) is 23.5 Å². The normalized spacial score (nSPS) is 10.9. The van der Waals surface area contributed by atoms with E-state index >= 15 is 0 Å². The summed E-state index contributed by atoms with van der Waals surface area (Å²) in [6, 6.07) is 14.1. The van der Waals surface area contributed by atoms with Gasteiger partial charge in [0.05, 0.1) is 6.61 Å². The van der Waals surface area contributed by atoms with Gasteiger partial charge in [-0.15, -0.1) is 0 Å². The maximum Gasteiger partial charge on any atom is 0.269 e. The van der Waals surface area contributed by atoms with E-state index in [4.69, 9.17) is 4.74 Å². The van der Waals surface area contributed by atoms with Crippen LogP contribution in [-0.4, -0.2) is 18.4 Å². The Hall–Kier alpha value is -2.82. The first-order valence-corrected chi connectivity index (χ1v) is 8.75. The van der Waals surface area contributed by atoms with Gasteiger partial charge in [-0.1, -0.05) is 39.8 Å². The third kappa shape index (κ3) is 5.34. The Morgan fingerprint density at radius 2 is 1.31 bits per heavy atom. The first kappa shape index (κ1) is 19.5. The van der Waals surface area contributed by atoms with Gasteiger partial charge in [0, 0.05) is 11.1 Å². The number of amides is 2. The lowest BCUT2D eigenvalue weighted by Crippen LogP contribution is -2.41. The van der Waals surface area contributed by atoms with Gasteiger partial charge in [-0.25, -0.2) is 0 Å². The van der Waals surface area contributed by atoms with E-state index in [1.807, 2.05) is 19.1 Å². The van der Waals surface area contributed by atoms with Crippen molar-refractivity contribution in [3.05, 3.63) is 65.2 Å². The van der Waals surface area contributed by atoms with Gasteiger partial charge in [0.2, 0.25) is 0 Å². The Kier molecular flexibility index (Phi) is 6.39. The van der Waals surface area contributed by atoms with Crippen molar-refractivity contribution in [1.82, 2.24) is 10.9 Å². The molecular weight excluding hydrogens is 328 g/mol. The standard InChI is InChI=1S/C21H26N2O3/c1-5-14-26-18-12-8-16(9-13-18)20(25)23-22-19(24)15-6-10-17(11-7-15)21(2,3)4/h6-13H,5,14H2,1-4H3,(H,22,24)(H,23,25). The molecule has 0 aliphatic carbocycles. The van der Waals surface area contributed by atoms with E-state index in [2.05, 4.69) is 31.6 Å². The molecule has 138 valence electrons. The molecule has 2 amide bonds. The molecule has 0 spiro atoms. The molecule has 0 fully saturated rings. The predicted octanol–water partition coefficient (Wildman–Crippen LogP) is 3.85. The Labute approximate surface area is 154 Å². The van der Waals surface area contributed by atoms with E-state index in [9.17, 15) is 9.59 Å². The molecule has 5 nitrogen and oxygen atoms in total. The molecule has 2 aromatic carbocycles. The minimum Gasteiger partial charge on any atom is -0.494 e. The number of nitrogens with one attached hydrogen (secondary N) is 2. The van der Waals surface area contributed by atoms with Gasteiger partial charge < -0.3 is 4.74 Å². The van der Waals surface area contributed by atoms with Crippen LogP contribution in [0.3, 0.4) is 0 Å². The van der Waals surface area contributed by atoms with Crippen molar-refractivity contribution in [1.29, 1.82) is 0 Å². The van der Waals surface area contributed by atoms with Crippen LogP contribution in [-0.2, 0) is 5.41 Å². The highest BCUT2D eigenvalue weighted by atomic mass is 16.5. The van der Waals surface area contributed by atoms with Crippen molar-refractivity contribution in [2.24, 2.45) is 0 Å². The van der Waals surface area contributed by atoms with Crippen LogP contribution in [0.2, 0.25) is 0 Å². The minimum absolute atomic E-state index is 0.0240. The number of ether oxygens (including phenoxy) is 1. The molecule has 0 saturated carbocycles. The Bertz CT molecular complexity index is 744. The van der Waals surface area contributed by atoms with Crippen LogP contribution in [0.5, 0.6) is 5.75 Å². The molecule has 0 heterocycles. The van der Waals surface area contributed by atoms with Gasteiger partial charge in [0.15, 0.2) is 0 Å². The van der Waals surface area contributed by atoms with Gasteiger partial charge >= 0.3 is 0 Å². The number of benzene rings is 2. The highest BCUT2D eigenvalue weighted by Gasteiger charge is 2.14. The number of carbonyl (C=O) groups excluding carboxylic acids is 2. The lowest BCUT2D eigenvalue weighted by atomic mass is 9.87. The molecule has 0 aromatic heterocycles. The van der Waals surface area contributed by atoms with Crippen LogP contribution in [0.25, 0.3) is 0 Å². The summed E-state index contributed by atoms with van der Waals surface area (Å²) in [6.45, 7) is 9.00. The first-order valence-electron chi connectivity index (χ1n) is 8.75. The third-order valence-corrected chi connectivity index (χ3v) is 3.89. The summed E-state index contributed by atoms with van der Waals surface area (Å²) in [5, 5.41) is 0. The van der Waals surface area contributed by atoms with E-state index in [1.165, 1.54) is 0 Å². The molecule has 2 N–H and O–H groups in total. The largest absolute Gasteiger partial charge is 0.494 e. The average Bonchev–Trinajstić information content (AvgIpc) is 2.64. The summed E-state index contributed by atoms with van der Waals surface area (Å²) in [6.07, 6.45) is 0.922. The summed E-state index contributed by atoms with van der Waals surface area (Å²) < 4.78 is 5.48. The number of rotatable bonds is 5. The van der Waals surface area contributed by atoms with Crippen molar-refractivity contribution >= 4 is 11.8 Å². The molecule has 0 saturated heterocycles. The zero-order valence-electron chi connectivity index (χ0n) is 15.8. The summed E-state index contributed by atoms with van der Waals surface area (Å²) in [7, 11) is 0. The molecular formula is C21H26N2O3. The summed E-state index contributed by atoms with van der Waals surface area (Å²) in [5.74, 6) is -0.0280. The maximum atomic E-state index is 12.2. The van der Waals surface area contributed by atoms with Crippen molar-refractivity contribution in [2.45, 2.75) is 39.5 Å². The van der Waals surface area contributed by atoms with Crippen LogP contribution in [0.1, 0.15) is 60.4 Å². The third-order valence-electron chi connectivity index (χ3n) is 3.89. The predicted molar refractivity (Wildman–Crippen MR) is 102 cm³/mol. The SMILES string of the molecule is CCCOc1ccc(C(=O)NNC(=O)c2ccc(C(C)(C)C)cc2)cc1. The van der Waals surface area contributed by atoms with E-state index in [-0.39, 0.29) is 17.2 Å². The Morgan fingerprint density at radius 3 is 1.73 bits per heavy atom. The molecule has 0 aliphatic heterocycles. The average molecular weight is 354 g/mol. The fourth-order valence-electron chi connectivity index (χ4n) is 2.30. The monoisotopic (exact) mass is 354 g/mol. The van der Waals surface area contributed by atoms with Crippen LogP contribution in [0, 0.1) is 0 Å². The Morgan fingerprint density at radius 1 is 0.846 bits per heavy atom. The summed E-state index contributed by atoms with van der Waals surface area (Å²) in [5.41, 5.74) is 6.96. The topological polar surface area (TPSA) is 67.4 Å². The molecule has 5 heteroatoms. The molecule has 0 bridgehead atoms. The van der Waals surface area contributed by atoms with Gasteiger partial charge in [-0.05, 0) is 53.8 Å². The second kappa shape index (κ2) is 8.52. The van der Waals surface area contributed by atoms with Gasteiger partial charge in [-0.2, -0.15) is 0 Å². The van der Waals surface area contributed by atoms with Gasteiger partial charge in [0.1, 0.15) is 5.75 Å². The number of carbonyl (C=O) groups is 2. The second-order valence-electron chi connectivity index (χ2n) is 7.11. The second-order valence-corrected chi connectivity index (χ2v) is 7.11. The van der Waals surface area contributed by atoms with Crippen molar-refractivity contribution < 1.29 is 14.3 Å². The molecule has 0 radical (unpaired) electrons. The molecule has 0 atom stereocenters. The smallest absolute Gasteiger partial charge is 0.269 e. The van der Waals surface area contributed by atoms with Crippen LogP contribution in [0.15, 0.2) is 48.5 Å². The minimum atomic E-state index is -0.383. The highest BCUT2D eigenvalue weighted by molar-refractivity contribution is 5.99. The van der Waals surface area contributed by atoms with Crippen molar-refractivity contribution in [3.63, 3.8) is 0 Å². The summed E-state index contributed by atoms with van der Waals surface area (Å²) in [4.78, 5) is 24.3. The molecule has 2 rings (SSSR count). The van der Waals surface area contributed by atoms with E-state index in [0.717, 1.165) is 12.0 Å². The first-order chi connectivity index (χ1) is 12.3. The van der Waals surface area contributed by atoms with Crippen LogP contribution < -0.4 is 15.6 Å². The zero-order valence-corrected chi connectivity index (χ0v) is 15.8. The molecule has 0 aliphatic rings. The van der Waals surface area contributed by atoms with E-state index in [1.54, 1.807) is 36.4 Å². The maximum absolute atomic E-state index is 12.2. The van der Waals surface area contributed by atoms with Crippen LogP contribution in [0.4, 0.5) is 0 Å². The lowest BCUT2D eigenvalue weighted by molar-refractivity contribution is 0.0846. The summed E-state index contributed by atoms with van der Waals surface area (Å²) >= 11 is 0. The fourth-order valence-corrected chi connectivity index (χ4v) is 2.30. The number of hydrogen-bond donors (Lipinski definition) is 2. The lowest BCUT2D eigenvalue weighted by Gasteiger charge is -2.19.